The third-order valence-corrected chi connectivity index (χ3v) is 1.41. The molecular weight excluding hydrogens is 198 g/mol. The first-order valence-electron chi connectivity index (χ1n) is 4.54. The van der Waals surface area contributed by atoms with Crippen LogP contribution in [0.2, 0.25) is 0 Å². The van der Waals surface area contributed by atoms with Gasteiger partial charge in [-0.3, -0.25) is 9.69 Å². The summed E-state index contributed by atoms with van der Waals surface area (Å²) in [6.07, 6.45) is 4.32. The number of rotatable bonds is 5. The first kappa shape index (κ1) is 13.3. The van der Waals surface area contributed by atoms with Crippen molar-refractivity contribution in [2.75, 3.05) is 19.7 Å². The summed E-state index contributed by atoms with van der Waals surface area (Å²) in [5.74, 6) is 1.29. The molecule has 0 aliphatic heterocycles. The van der Waals surface area contributed by atoms with Crippen LogP contribution >= 0.6 is 0 Å². The number of ether oxygens (including phenoxy) is 1. The zero-order valence-electron chi connectivity index (χ0n) is 8.90. The van der Waals surface area contributed by atoms with Gasteiger partial charge in [0.25, 0.3) is 0 Å². The molecule has 0 rings (SSSR count). The highest BCUT2D eigenvalue weighted by molar-refractivity contribution is 5.76. The van der Waals surface area contributed by atoms with Crippen LogP contribution in [0, 0.1) is 18.3 Å². The van der Waals surface area contributed by atoms with E-state index in [9.17, 15) is 9.59 Å². The lowest BCUT2D eigenvalue weighted by Gasteiger charge is -2.18. The molecule has 0 aliphatic rings. The van der Waals surface area contributed by atoms with Gasteiger partial charge in [-0.05, 0) is 5.92 Å². The first-order chi connectivity index (χ1) is 6.97. The number of hydrogen-bond donors (Lipinski definition) is 1. The van der Waals surface area contributed by atoms with Crippen LogP contribution in [-0.4, -0.2) is 41.8 Å². The van der Waals surface area contributed by atoms with Crippen LogP contribution in [0.25, 0.3) is 0 Å². The zero-order chi connectivity index (χ0) is 11.8. The number of carbonyl (C=O) groups is 2. The lowest BCUT2D eigenvalue weighted by atomic mass is 10.2. The van der Waals surface area contributed by atoms with Crippen LogP contribution in [0.4, 0.5) is 4.79 Å². The molecule has 0 fully saturated rings. The van der Waals surface area contributed by atoms with Crippen molar-refractivity contribution in [1.82, 2.24) is 4.90 Å². The van der Waals surface area contributed by atoms with E-state index in [0.717, 1.165) is 4.90 Å². The van der Waals surface area contributed by atoms with Crippen molar-refractivity contribution in [1.29, 1.82) is 0 Å². The number of carbonyl (C=O) groups excluding carboxylic acids is 1. The Bertz CT molecular complexity index is 267. The Balaban J connectivity index is 4.17. The van der Waals surface area contributed by atoms with Gasteiger partial charge in [-0.2, -0.15) is 0 Å². The summed E-state index contributed by atoms with van der Waals surface area (Å²) in [4.78, 5) is 22.7. The van der Waals surface area contributed by atoms with E-state index in [1.165, 1.54) is 0 Å². The molecular formula is C10H15NO4. The van der Waals surface area contributed by atoms with E-state index in [1.807, 2.05) is 13.8 Å². The second kappa shape index (κ2) is 6.71. The molecule has 0 radical (unpaired) electrons. The highest BCUT2D eigenvalue weighted by Gasteiger charge is 2.17. The Kier molecular flexibility index (Phi) is 5.95. The van der Waals surface area contributed by atoms with E-state index in [4.69, 9.17) is 16.3 Å². The van der Waals surface area contributed by atoms with Crippen LogP contribution in [-0.2, 0) is 9.53 Å². The summed E-state index contributed by atoms with van der Waals surface area (Å²) >= 11 is 0. The Morgan fingerprint density at radius 1 is 1.53 bits per heavy atom. The summed E-state index contributed by atoms with van der Waals surface area (Å²) in [7, 11) is 0. The molecule has 0 spiro atoms. The number of hydrogen-bond acceptors (Lipinski definition) is 3. The van der Waals surface area contributed by atoms with Gasteiger partial charge in [-0.15, -0.1) is 6.42 Å². The SMILES string of the molecule is C#CCN(CC(=O)O)C(=O)OCC(C)C. The average molecular weight is 213 g/mol. The summed E-state index contributed by atoms with van der Waals surface area (Å²) in [6, 6.07) is 0. The quantitative estimate of drug-likeness (QED) is 0.686. The molecule has 0 unspecified atom stereocenters. The lowest BCUT2D eigenvalue weighted by molar-refractivity contribution is -0.137. The number of carboxylic acid groups (broad SMARTS) is 1. The second-order valence-corrected chi connectivity index (χ2v) is 3.42. The van der Waals surface area contributed by atoms with Gasteiger partial charge in [0.1, 0.15) is 6.54 Å². The largest absolute Gasteiger partial charge is 0.480 e. The predicted octanol–water partition coefficient (Wildman–Crippen LogP) is 0.799. The third-order valence-electron chi connectivity index (χ3n) is 1.41. The summed E-state index contributed by atoms with van der Waals surface area (Å²) in [5, 5.41) is 8.52. The molecule has 5 nitrogen and oxygen atoms in total. The molecule has 0 aliphatic carbocycles. The van der Waals surface area contributed by atoms with Gasteiger partial charge in [0.05, 0.1) is 13.2 Å². The van der Waals surface area contributed by atoms with Gasteiger partial charge >= 0.3 is 12.1 Å². The maximum absolute atomic E-state index is 11.3. The van der Waals surface area contributed by atoms with E-state index in [1.54, 1.807) is 0 Å². The fraction of sp³-hybridized carbons (Fsp3) is 0.600. The van der Waals surface area contributed by atoms with Gasteiger partial charge in [-0.25, -0.2) is 4.79 Å². The fourth-order valence-corrected chi connectivity index (χ4v) is 0.788. The smallest absolute Gasteiger partial charge is 0.411 e. The number of aliphatic carboxylic acids is 1. The Hall–Kier alpha value is -1.70. The first-order valence-corrected chi connectivity index (χ1v) is 4.54. The second-order valence-electron chi connectivity index (χ2n) is 3.42. The molecule has 0 saturated carbocycles. The topological polar surface area (TPSA) is 66.8 Å². The zero-order valence-corrected chi connectivity index (χ0v) is 8.90. The monoisotopic (exact) mass is 213 g/mol. The van der Waals surface area contributed by atoms with E-state index in [0.29, 0.717) is 0 Å². The van der Waals surface area contributed by atoms with E-state index >= 15 is 0 Å². The Labute approximate surface area is 89.0 Å². The van der Waals surface area contributed by atoms with Gasteiger partial charge in [-0.1, -0.05) is 19.8 Å². The molecule has 0 atom stereocenters. The predicted molar refractivity (Wildman–Crippen MR) is 54.2 cm³/mol. The average Bonchev–Trinajstić information content (AvgIpc) is 2.12. The number of amides is 1. The standard InChI is InChI=1S/C10H15NO4/c1-4-5-11(6-9(12)13)10(14)15-7-8(2)3/h1,8H,5-7H2,2-3H3,(H,12,13). The summed E-state index contributed by atoms with van der Waals surface area (Å²) in [5.41, 5.74) is 0. The van der Waals surface area contributed by atoms with Crippen LogP contribution < -0.4 is 0 Å². The summed E-state index contributed by atoms with van der Waals surface area (Å²) in [6.45, 7) is 3.51. The molecule has 0 aromatic heterocycles. The number of carboxylic acids is 1. The normalized spacial score (nSPS) is 9.47. The summed E-state index contributed by atoms with van der Waals surface area (Å²) < 4.78 is 4.85. The molecule has 84 valence electrons. The van der Waals surface area contributed by atoms with Crippen molar-refractivity contribution < 1.29 is 19.4 Å². The van der Waals surface area contributed by atoms with Crippen molar-refractivity contribution in [3.63, 3.8) is 0 Å². The Morgan fingerprint density at radius 3 is 2.53 bits per heavy atom. The van der Waals surface area contributed by atoms with Crippen molar-refractivity contribution in [3.8, 4) is 12.3 Å². The number of nitrogens with zero attached hydrogens (tertiary/aromatic N) is 1. The van der Waals surface area contributed by atoms with Crippen molar-refractivity contribution in [2.24, 2.45) is 5.92 Å². The molecule has 0 aromatic rings. The lowest BCUT2D eigenvalue weighted by Crippen LogP contribution is -2.36. The maximum Gasteiger partial charge on any atom is 0.411 e. The minimum absolute atomic E-state index is 0.0662. The minimum Gasteiger partial charge on any atom is -0.480 e. The minimum atomic E-state index is -1.12. The fourth-order valence-electron chi connectivity index (χ4n) is 0.788. The molecule has 0 aromatic carbocycles. The number of terminal acetylenes is 1. The van der Waals surface area contributed by atoms with Crippen molar-refractivity contribution in [3.05, 3.63) is 0 Å². The van der Waals surface area contributed by atoms with Crippen LogP contribution in [0.3, 0.4) is 0 Å². The van der Waals surface area contributed by atoms with Gasteiger partial charge in [0.2, 0.25) is 0 Å². The van der Waals surface area contributed by atoms with Crippen LogP contribution in [0.1, 0.15) is 13.8 Å². The van der Waals surface area contributed by atoms with E-state index < -0.39 is 18.6 Å². The molecule has 1 N–H and O–H groups in total. The van der Waals surface area contributed by atoms with Crippen LogP contribution in [0.5, 0.6) is 0 Å². The molecule has 0 saturated heterocycles. The molecule has 1 amide bonds. The highest BCUT2D eigenvalue weighted by atomic mass is 16.6. The molecule has 0 heterocycles. The molecule has 5 heteroatoms. The highest BCUT2D eigenvalue weighted by Crippen LogP contribution is 1.98. The molecule has 0 bridgehead atoms. The van der Waals surface area contributed by atoms with Gasteiger partial charge < -0.3 is 9.84 Å². The van der Waals surface area contributed by atoms with Crippen LogP contribution in [0.15, 0.2) is 0 Å². The van der Waals surface area contributed by atoms with Gasteiger partial charge in [0.15, 0.2) is 0 Å². The van der Waals surface area contributed by atoms with E-state index in [2.05, 4.69) is 5.92 Å². The maximum atomic E-state index is 11.3. The van der Waals surface area contributed by atoms with Crippen molar-refractivity contribution >= 4 is 12.1 Å². The van der Waals surface area contributed by atoms with Gasteiger partial charge in [0, 0.05) is 0 Å². The van der Waals surface area contributed by atoms with Crippen molar-refractivity contribution in [2.45, 2.75) is 13.8 Å². The molecule has 15 heavy (non-hydrogen) atoms. The van der Waals surface area contributed by atoms with E-state index in [-0.39, 0.29) is 19.1 Å². The Morgan fingerprint density at radius 2 is 2.13 bits per heavy atom. The third kappa shape index (κ3) is 6.38.